The molecule has 59 heavy (non-hydrogen) atoms. The molecule has 2 aliphatic heterocycles. The van der Waals surface area contributed by atoms with Crippen LogP contribution in [-0.2, 0) is 35.3 Å². The molecule has 314 valence electrons. The van der Waals surface area contributed by atoms with Crippen LogP contribution in [0, 0.1) is 6.92 Å². The monoisotopic (exact) mass is 840 g/mol. The number of sulfonamides is 1. The summed E-state index contributed by atoms with van der Waals surface area (Å²) in [7, 11) is -5.89. The van der Waals surface area contributed by atoms with E-state index < -0.39 is 48.1 Å². The van der Waals surface area contributed by atoms with Gasteiger partial charge in [-0.15, -0.1) is 0 Å². The fourth-order valence-electron chi connectivity index (χ4n) is 7.85. The van der Waals surface area contributed by atoms with Crippen LogP contribution in [0.5, 0.6) is 11.5 Å². The van der Waals surface area contributed by atoms with Gasteiger partial charge < -0.3 is 23.4 Å². The van der Waals surface area contributed by atoms with Gasteiger partial charge in [0.05, 0.1) is 30.3 Å². The molecule has 4 aromatic rings. The Hall–Kier alpha value is -5.11. The molecule has 0 fully saturated rings. The molecule has 0 spiro atoms. The maximum Gasteiger partial charge on any atom is 0.411 e. The number of carbonyl (C=O) groups excluding carboxylic acids is 2. The molecule has 0 saturated heterocycles. The maximum absolute atomic E-state index is 14.8. The van der Waals surface area contributed by atoms with E-state index in [9.17, 15) is 18.0 Å². The summed E-state index contributed by atoms with van der Waals surface area (Å²) in [4.78, 5) is 29.5. The Morgan fingerprint density at radius 2 is 1.44 bits per heavy atom. The fraction of sp³-hybridized carbons (Fsp3) is 0.391. The van der Waals surface area contributed by atoms with Crippen molar-refractivity contribution in [1.82, 2.24) is 9.21 Å². The second kappa shape index (κ2) is 17.6. The predicted octanol–water partition coefficient (Wildman–Crippen LogP) is 7.71. The average Bonchev–Trinajstić information content (AvgIpc) is 3.82. The number of amides is 1. The van der Waals surface area contributed by atoms with Crippen LogP contribution in [0.4, 0.5) is 4.79 Å². The summed E-state index contributed by atoms with van der Waals surface area (Å²) in [5, 5.41) is 2.15. The largest absolute Gasteiger partial charge is 0.467 e. The van der Waals surface area contributed by atoms with Gasteiger partial charge in [-0.1, -0.05) is 105 Å². The number of carbonyl (C=O) groups is 2. The topological polar surface area (TPSA) is 121 Å². The molecule has 0 aliphatic carbocycles. The minimum atomic E-state index is -4.32. The van der Waals surface area contributed by atoms with Crippen molar-refractivity contribution < 1.29 is 41.4 Å². The van der Waals surface area contributed by atoms with Crippen LogP contribution >= 0.6 is 0 Å². The van der Waals surface area contributed by atoms with Gasteiger partial charge in [0.2, 0.25) is 6.79 Å². The van der Waals surface area contributed by atoms with Gasteiger partial charge in [-0.25, -0.2) is 18.0 Å². The van der Waals surface area contributed by atoms with Crippen LogP contribution in [0.1, 0.15) is 71.9 Å². The summed E-state index contributed by atoms with van der Waals surface area (Å²) >= 11 is 0. The number of nitrogens with zero attached hydrogens (tertiary/aromatic N) is 2. The molecule has 4 aromatic carbocycles. The van der Waals surface area contributed by atoms with Crippen molar-refractivity contribution in [1.29, 1.82) is 0 Å². The molecular formula is C46H56N2O9SSi. The van der Waals surface area contributed by atoms with Crippen LogP contribution in [-0.4, -0.2) is 76.2 Å². The predicted molar refractivity (Wildman–Crippen MR) is 230 cm³/mol. The lowest BCUT2D eigenvalue weighted by atomic mass is 10.1. The molecular weight excluding hydrogens is 785 g/mol. The highest BCUT2D eigenvalue weighted by Gasteiger charge is 2.51. The second-order valence-electron chi connectivity index (χ2n) is 17.0. The molecule has 2 aliphatic rings. The quantitative estimate of drug-likeness (QED) is 0.0715. The lowest BCUT2D eigenvalue weighted by molar-refractivity contribution is -0.145. The van der Waals surface area contributed by atoms with Crippen LogP contribution in [0.2, 0.25) is 5.04 Å². The third-order valence-electron chi connectivity index (χ3n) is 10.6. The summed E-state index contributed by atoms with van der Waals surface area (Å²) in [6.45, 7) is 14.1. The molecule has 0 aromatic heterocycles. The summed E-state index contributed by atoms with van der Waals surface area (Å²) in [5.74, 6) is 0.229. The number of rotatable bonds is 14. The smallest absolute Gasteiger partial charge is 0.411 e. The number of fused-ring (bicyclic) bond motifs is 1. The number of unbranched alkanes of at least 4 members (excludes halogenated alkanes) is 1. The van der Waals surface area contributed by atoms with Crippen molar-refractivity contribution in [3.63, 3.8) is 0 Å². The Labute approximate surface area is 350 Å². The Morgan fingerprint density at radius 3 is 2.02 bits per heavy atom. The molecule has 0 saturated carbocycles. The molecule has 13 heteroatoms. The standard InChI is InChI=1S/C46H56N2O9SSi/c1-33-22-25-36(26-23-33)58(51,52)47(31-34-24-27-40-41(29-34)55-32-54-40)39-30-35(48(42(39)43(49)53-8)44(50)57-45(2,3)4)17-15-16-28-56-59(46(5,6)7,37-18-11-9-12-19-37)38-20-13-10-14-21-38/h9-14,18-27,29-30,35,42H,15-17,28,31-32H2,1-8H3/t35-,42-/m1/s1. The summed E-state index contributed by atoms with van der Waals surface area (Å²) in [5.41, 5.74) is 0.653. The Bertz CT molecular complexity index is 2200. The van der Waals surface area contributed by atoms with Gasteiger partial charge in [-0.2, -0.15) is 0 Å². The van der Waals surface area contributed by atoms with Crippen LogP contribution in [0.25, 0.3) is 0 Å². The minimum absolute atomic E-state index is 0.0288. The summed E-state index contributed by atoms with van der Waals surface area (Å²) < 4.78 is 60.2. The first-order valence-electron chi connectivity index (χ1n) is 20.0. The highest BCUT2D eigenvalue weighted by molar-refractivity contribution is 7.89. The van der Waals surface area contributed by atoms with Gasteiger partial charge in [0, 0.05) is 6.61 Å². The molecule has 11 nitrogen and oxygen atoms in total. The van der Waals surface area contributed by atoms with E-state index in [-0.39, 0.29) is 29.0 Å². The number of methoxy groups -OCH3 is 1. The van der Waals surface area contributed by atoms with Crippen molar-refractivity contribution in [2.75, 3.05) is 20.5 Å². The molecule has 0 bridgehead atoms. The summed E-state index contributed by atoms with van der Waals surface area (Å²) in [6, 6.07) is 30.4. The van der Waals surface area contributed by atoms with Crippen LogP contribution in [0.3, 0.4) is 0 Å². The first-order chi connectivity index (χ1) is 28.0. The number of ether oxygens (including phenoxy) is 4. The van der Waals surface area contributed by atoms with Gasteiger partial charge in [0.15, 0.2) is 17.5 Å². The van der Waals surface area contributed by atoms with E-state index in [0.29, 0.717) is 42.9 Å². The molecule has 2 heterocycles. The van der Waals surface area contributed by atoms with Crippen molar-refractivity contribution >= 4 is 40.8 Å². The lowest BCUT2D eigenvalue weighted by Crippen LogP contribution is -2.66. The first-order valence-corrected chi connectivity index (χ1v) is 23.3. The number of hydrogen-bond acceptors (Lipinski definition) is 9. The highest BCUT2D eigenvalue weighted by Crippen LogP contribution is 2.39. The molecule has 6 rings (SSSR count). The Morgan fingerprint density at radius 1 is 0.831 bits per heavy atom. The third-order valence-corrected chi connectivity index (χ3v) is 17.4. The number of hydrogen-bond donors (Lipinski definition) is 0. The van der Waals surface area contributed by atoms with Crippen LogP contribution < -0.4 is 19.8 Å². The zero-order valence-electron chi connectivity index (χ0n) is 35.3. The van der Waals surface area contributed by atoms with E-state index in [1.807, 2.05) is 19.1 Å². The van der Waals surface area contributed by atoms with Gasteiger partial charge in [-0.05, 0) is 98.3 Å². The summed E-state index contributed by atoms with van der Waals surface area (Å²) in [6.07, 6.45) is 2.56. The molecule has 2 atom stereocenters. The van der Waals surface area contributed by atoms with Crippen molar-refractivity contribution in [3.8, 4) is 11.5 Å². The maximum atomic E-state index is 14.8. The molecule has 0 radical (unpaired) electrons. The average molecular weight is 841 g/mol. The van der Waals surface area contributed by atoms with Crippen molar-refractivity contribution in [3.05, 3.63) is 126 Å². The van der Waals surface area contributed by atoms with Gasteiger partial charge in [0.25, 0.3) is 18.3 Å². The SMILES string of the molecule is COC(=O)[C@H]1C(N(Cc2ccc3c(c2)OCO3)S(=O)(=O)c2ccc(C)cc2)=C[C@@H](CCCCO[Si](c2ccccc2)(c2ccccc2)C(C)(C)C)N1C(=O)OC(C)(C)C. The third kappa shape index (κ3) is 9.37. The van der Waals surface area contributed by atoms with E-state index in [0.717, 1.165) is 5.56 Å². The highest BCUT2D eigenvalue weighted by atomic mass is 32.2. The number of esters is 1. The molecule has 0 N–H and O–H groups in total. The van der Waals surface area contributed by atoms with E-state index in [1.54, 1.807) is 57.2 Å². The lowest BCUT2D eigenvalue weighted by Gasteiger charge is -2.43. The van der Waals surface area contributed by atoms with Gasteiger partial charge in [-0.3, -0.25) is 9.21 Å². The van der Waals surface area contributed by atoms with Crippen LogP contribution in [0.15, 0.2) is 120 Å². The zero-order valence-corrected chi connectivity index (χ0v) is 37.1. The molecule has 1 amide bonds. The van der Waals surface area contributed by atoms with Crippen molar-refractivity contribution in [2.24, 2.45) is 0 Å². The van der Waals surface area contributed by atoms with Gasteiger partial charge >= 0.3 is 12.1 Å². The fourth-order valence-corrected chi connectivity index (χ4v) is 13.9. The van der Waals surface area contributed by atoms with Gasteiger partial charge in [0.1, 0.15) is 5.60 Å². The van der Waals surface area contributed by atoms with E-state index in [1.165, 1.54) is 38.8 Å². The molecule has 0 unspecified atom stereocenters. The van der Waals surface area contributed by atoms with Crippen molar-refractivity contribution in [2.45, 2.75) is 102 Å². The zero-order chi connectivity index (χ0) is 42.6. The van der Waals surface area contributed by atoms with E-state index in [2.05, 4.69) is 69.3 Å². The number of benzene rings is 4. The van der Waals surface area contributed by atoms with E-state index in [4.69, 9.17) is 23.4 Å². The number of aryl methyl sites for hydroxylation is 1. The van der Waals surface area contributed by atoms with E-state index >= 15 is 0 Å². The second-order valence-corrected chi connectivity index (χ2v) is 23.2. The Balaban J connectivity index is 1.36. The first kappa shape index (κ1) is 43.5. The Kier molecular flexibility index (Phi) is 13.0. The normalized spacial score (nSPS) is 16.7. The minimum Gasteiger partial charge on any atom is -0.467 e.